The second-order valence-electron chi connectivity index (χ2n) is 5.53. The van der Waals surface area contributed by atoms with Gasteiger partial charge >= 0.3 is 0 Å². The quantitative estimate of drug-likeness (QED) is 0.923. The summed E-state index contributed by atoms with van der Waals surface area (Å²) >= 11 is 5.99. The number of amides is 1. The topological polar surface area (TPSA) is 59.0 Å². The number of piperidine rings is 1. The van der Waals surface area contributed by atoms with E-state index in [1.807, 2.05) is 0 Å². The van der Waals surface area contributed by atoms with Gasteiger partial charge in [0.05, 0.1) is 17.7 Å². The van der Waals surface area contributed by atoms with Crippen LogP contribution in [-0.4, -0.2) is 48.8 Å². The number of methoxy groups -OCH3 is 1. The number of hydrogen-bond donors (Lipinski definition) is 1. The highest BCUT2D eigenvalue weighted by molar-refractivity contribution is 6.32. The van der Waals surface area contributed by atoms with Gasteiger partial charge < -0.3 is 19.5 Å². The first-order chi connectivity index (χ1) is 10.5. The van der Waals surface area contributed by atoms with Gasteiger partial charge in [0.15, 0.2) is 11.5 Å². The van der Waals surface area contributed by atoms with Crippen molar-refractivity contribution >= 4 is 17.5 Å². The van der Waals surface area contributed by atoms with Crippen molar-refractivity contribution in [3.8, 4) is 11.5 Å². The van der Waals surface area contributed by atoms with Gasteiger partial charge in [-0.1, -0.05) is 18.5 Å². The summed E-state index contributed by atoms with van der Waals surface area (Å²) in [4.78, 5) is 14.4. The van der Waals surface area contributed by atoms with Crippen LogP contribution >= 0.6 is 11.6 Å². The van der Waals surface area contributed by atoms with Crippen molar-refractivity contribution in [3.63, 3.8) is 0 Å². The van der Waals surface area contributed by atoms with Crippen LogP contribution in [0.3, 0.4) is 0 Å². The van der Waals surface area contributed by atoms with Crippen LogP contribution in [0.1, 0.15) is 30.6 Å². The Morgan fingerprint density at radius 3 is 2.86 bits per heavy atom. The number of halogens is 1. The molecular weight excluding hydrogens is 306 g/mol. The van der Waals surface area contributed by atoms with E-state index in [-0.39, 0.29) is 28.5 Å². The molecule has 1 amide bonds. The summed E-state index contributed by atoms with van der Waals surface area (Å²) in [5.41, 5.74) is 0.413. The van der Waals surface area contributed by atoms with Crippen LogP contribution in [0.4, 0.5) is 0 Å². The summed E-state index contributed by atoms with van der Waals surface area (Å²) in [7, 11) is 1.67. The Morgan fingerprint density at radius 2 is 2.23 bits per heavy atom. The Morgan fingerprint density at radius 1 is 1.50 bits per heavy atom. The Bertz CT molecular complexity index is 549. The summed E-state index contributed by atoms with van der Waals surface area (Å²) < 4.78 is 10.8. The maximum Gasteiger partial charge on any atom is 0.254 e. The fourth-order valence-electron chi connectivity index (χ4n) is 2.67. The molecule has 6 heteroatoms. The van der Waals surface area contributed by atoms with E-state index < -0.39 is 0 Å². The van der Waals surface area contributed by atoms with Gasteiger partial charge in [-0.15, -0.1) is 0 Å². The summed E-state index contributed by atoms with van der Waals surface area (Å²) in [6.45, 7) is 5.55. The summed E-state index contributed by atoms with van der Waals surface area (Å²) in [5.74, 6) is 0.391. The lowest BCUT2D eigenvalue weighted by Crippen LogP contribution is -2.46. The van der Waals surface area contributed by atoms with Crippen molar-refractivity contribution in [2.45, 2.75) is 26.4 Å². The lowest BCUT2D eigenvalue weighted by Gasteiger charge is -2.36. The molecule has 1 aromatic rings. The molecule has 0 spiro atoms. The molecule has 1 N–H and O–H groups in total. The summed E-state index contributed by atoms with van der Waals surface area (Å²) in [6.07, 6.45) is 0.936. The monoisotopic (exact) mass is 327 g/mol. The number of likely N-dealkylation sites (tertiary alicyclic amines) is 1. The van der Waals surface area contributed by atoms with Crippen molar-refractivity contribution in [2.24, 2.45) is 5.92 Å². The minimum atomic E-state index is -0.137. The molecule has 1 fully saturated rings. The maximum absolute atomic E-state index is 12.7. The van der Waals surface area contributed by atoms with Crippen molar-refractivity contribution in [3.05, 3.63) is 22.7 Å². The van der Waals surface area contributed by atoms with Crippen LogP contribution in [0.15, 0.2) is 12.1 Å². The SMILES string of the molecule is CCOc1cc(C(=O)N2CCC(C)C(OC)C2)cc(Cl)c1O. The van der Waals surface area contributed by atoms with Gasteiger partial charge in [0.2, 0.25) is 0 Å². The first-order valence-electron chi connectivity index (χ1n) is 7.45. The summed E-state index contributed by atoms with van der Waals surface area (Å²) in [5, 5.41) is 9.97. The predicted octanol–water partition coefficient (Wildman–Crippen LogP) is 2.94. The number of benzene rings is 1. The molecule has 0 aromatic heterocycles. The van der Waals surface area contributed by atoms with Crippen molar-refractivity contribution in [2.75, 3.05) is 26.8 Å². The standard InChI is InChI=1S/C16H22ClNO4/c1-4-22-13-8-11(7-12(17)15(13)19)16(20)18-6-5-10(2)14(9-18)21-3/h7-8,10,14,19H,4-6,9H2,1-3H3. The van der Waals surface area contributed by atoms with Gasteiger partial charge in [-0.25, -0.2) is 0 Å². The second kappa shape index (κ2) is 7.20. The highest BCUT2D eigenvalue weighted by atomic mass is 35.5. The molecule has 2 rings (SSSR count). The molecule has 1 aliphatic heterocycles. The van der Waals surface area contributed by atoms with E-state index in [0.717, 1.165) is 6.42 Å². The first kappa shape index (κ1) is 16.9. The number of nitrogens with zero attached hydrogens (tertiary/aromatic N) is 1. The number of phenols is 1. The molecule has 2 atom stereocenters. The van der Waals surface area contributed by atoms with Gasteiger partial charge in [0.1, 0.15) is 0 Å². The third-order valence-electron chi connectivity index (χ3n) is 4.05. The summed E-state index contributed by atoms with van der Waals surface area (Å²) in [6, 6.07) is 3.01. The third-order valence-corrected chi connectivity index (χ3v) is 4.34. The van der Waals surface area contributed by atoms with Crippen LogP contribution in [0.25, 0.3) is 0 Å². The van der Waals surface area contributed by atoms with E-state index in [4.69, 9.17) is 21.1 Å². The molecule has 122 valence electrons. The van der Waals surface area contributed by atoms with Gasteiger partial charge in [0.25, 0.3) is 5.91 Å². The number of hydrogen-bond acceptors (Lipinski definition) is 4. The zero-order chi connectivity index (χ0) is 16.3. The smallest absolute Gasteiger partial charge is 0.254 e. The Balaban J connectivity index is 2.22. The van der Waals surface area contributed by atoms with Gasteiger partial charge in [-0.05, 0) is 31.4 Å². The average molecular weight is 328 g/mol. The predicted molar refractivity (Wildman–Crippen MR) is 84.8 cm³/mol. The highest BCUT2D eigenvalue weighted by Crippen LogP contribution is 2.36. The fourth-order valence-corrected chi connectivity index (χ4v) is 2.88. The van der Waals surface area contributed by atoms with Crippen molar-refractivity contribution in [1.29, 1.82) is 0 Å². The molecule has 1 aliphatic rings. The lowest BCUT2D eigenvalue weighted by molar-refractivity contribution is -0.00157. The van der Waals surface area contributed by atoms with E-state index in [1.54, 1.807) is 18.9 Å². The zero-order valence-electron chi connectivity index (χ0n) is 13.1. The Hall–Kier alpha value is -1.46. The van der Waals surface area contributed by atoms with E-state index in [0.29, 0.717) is 31.2 Å². The van der Waals surface area contributed by atoms with Crippen LogP contribution in [-0.2, 0) is 4.74 Å². The van der Waals surface area contributed by atoms with Crippen LogP contribution in [0.2, 0.25) is 5.02 Å². The third kappa shape index (κ3) is 3.47. The van der Waals surface area contributed by atoms with Crippen molar-refractivity contribution < 1.29 is 19.4 Å². The largest absolute Gasteiger partial charge is 0.503 e. The Kier molecular flexibility index (Phi) is 5.53. The molecule has 0 aliphatic carbocycles. The normalized spacial score (nSPS) is 21.7. The fraction of sp³-hybridized carbons (Fsp3) is 0.562. The zero-order valence-corrected chi connectivity index (χ0v) is 13.9. The van der Waals surface area contributed by atoms with Crippen LogP contribution < -0.4 is 4.74 Å². The molecule has 0 radical (unpaired) electrons. The van der Waals surface area contributed by atoms with Crippen LogP contribution in [0, 0.1) is 5.92 Å². The second-order valence-corrected chi connectivity index (χ2v) is 5.94. The van der Waals surface area contributed by atoms with Gasteiger partial charge in [-0.2, -0.15) is 0 Å². The Labute approximate surface area is 135 Å². The molecule has 2 unspecified atom stereocenters. The maximum atomic E-state index is 12.7. The van der Waals surface area contributed by atoms with E-state index in [1.165, 1.54) is 12.1 Å². The molecule has 0 saturated carbocycles. The van der Waals surface area contributed by atoms with E-state index in [9.17, 15) is 9.90 Å². The number of ether oxygens (including phenoxy) is 2. The number of carbonyl (C=O) groups is 1. The lowest BCUT2D eigenvalue weighted by atomic mass is 9.95. The first-order valence-corrected chi connectivity index (χ1v) is 7.83. The van der Waals surface area contributed by atoms with Crippen molar-refractivity contribution in [1.82, 2.24) is 4.90 Å². The minimum Gasteiger partial charge on any atom is -0.503 e. The number of carbonyl (C=O) groups excluding carboxylic acids is 1. The minimum absolute atomic E-state index is 0.0386. The highest BCUT2D eigenvalue weighted by Gasteiger charge is 2.30. The van der Waals surface area contributed by atoms with E-state index in [2.05, 4.69) is 6.92 Å². The van der Waals surface area contributed by atoms with Crippen LogP contribution in [0.5, 0.6) is 11.5 Å². The molecule has 1 aromatic carbocycles. The molecule has 1 saturated heterocycles. The molecule has 0 bridgehead atoms. The molecule has 1 heterocycles. The number of rotatable bonds is 4. The molecule has 5 nitrogen and oxygen atoms in total. The number of phenolic OH excluding ortho intramolecular Hbond substituents is 1. The molecule has 22 heavy (non-hydrogen) atoms. The number of aromatic hydroxyl groups is 1. The van der Waals surface area contributed by atoms with Gasteiger partial charge in [-0.3, -0.25) is 4.79 Å². The average Bonchev–Trinajstić information content (AvgIpc) is 2.51. The molecular formula is C16H22ClNO4. The van der Waals surface area contributed by atoms with E-state index >= 15 is 0 Å². The van der Waals surface area contributed by atoms with Gasteiger partial charge in [0, 0.05) is 25.8 Å².